The maximum Gasteiger partial charge on any atom is 0.518 e. The number of ether oxygens (including phenoxy) is 1. The normalized spacial score (nSPS) is 12.7. The van der Waals surface area contributed by atoms with Crippen LogP contribution in [-0.4, -0.2) is 25.9 Å². The Morgan fingerprint density at radius 3 is 2.59 bits per heavy atom. The Morgan fingerprint density at radius 1 is 1.05 bits per heavy atom. The number of azo groups is 1. The molecule has 1 amide bonds. The van der Waals surface area contributed by atoms with Gasteiger partial charge in [-0.2, -0.15) is 0 Å². The van der Waals surface area contributed by atoms with E-state index in [0.717, 1.165) is 0 Å². The first-order chi connectivity index (χ1) is 17.7. The van der Waals surface area contributed by atoms with Crippen LogP contribution in [0.4, 0.5) is 16.3 Å². The number of nitrogens with zero attached hydrogens (tertiary/aromatic N) is 4. The van der Waals surface area contributed by atoms with Gasteiger partial charge in [-0.15, -0.1) is 4.57 Å². The molecule has 0 saturated heterocycles. The number of phosphoric acid groups is 1. The zero-order chi connectivity index (χ0) is 26.2. The lowest BCUT2D eigenvalue weighted by Crippen LogP contribution is -2.39. The SMILES string of the molecule is Cc1ncc(COP(=O)(O)O)c(CNc2cc3cc(Oc4ccccc4)ccc3[n+]3c2N=NC3=O)c1O. The van der Waals surface area contributed by atoms with Gasteiger partial charge in [-0.3, -0.25) is 9.51 Å². The van der Waals surface area contributed by atoms with Gasteiger partial charge in [-0.05, 0) is 43.3 Å². The van der Waals surface area contributed by atoms with E-state index in [4.69, 9.17) is 14.5 Å². The van der Waals surface area contributed by atoms with E-state index in [9.17, 15) is 14.5 Å². The fourth-order valence-corrected chi connectivity index (χ4v) is 4.20. The van der Waals surface area contributed by atoms with Gasteiger partial charge in [0.05, 0.1) is 17.4 Å². The summed E-state index contributed by atoms with van der Waals surface area (Å²) < 4.78 is 23.1. The number of carbonyl (C=O) groups excluding carboxylic acids is 1. The number of rotatable bonds is 8. The smallest absolute Gasteiger partial charge is 0.506 e. The summed E-state index contributed by atoms with van der Waals surface area (Å²) in [5.41, 5.74) is 1.94. The number of aromatic hydroxyl groups is 1. The Balaban J connectivity index is 1.50. The third-order valence-corrected chi connectivity index (χ3v) is 6.13. The minimum absolute atomic E-state index is 0.0114. The molecular formula is C24H21N5O7P+. The molecule has 4 aromatic rings. The zero-order valence-electron chi connectivity index (χ0n) is 19.4. The van der Waals surface area contributed by atoms with Crippen molar-refractivity contribution in [3.05, 3.63) is 77.6 Å². The summed E-state index contributed by atoms with van der Waals surface area (Å²) in [7, 11) is -4.74. The monoisotopic (exact) mass is 522 g/mol. The average molecular weight is 522 g/mol. The van der Waals surface area contributed by atoms with Crippen molar-refractivity contribution in [3.8, 4) is 17.2 Å². The lowest BCUT2D eigenvalue weighted by Gasteiger charge is -2.15. The van der Waals surface area contributed by atoms with Gasteiger partial charge in [0.15, 0.2) is 0 Å². The maximum atomic E-state index is 12.5. The van der Waals surface area contributed by atoms with Crippen LogP contribution < -0.4 is 14.6 Å². The summed E-state index contributed by atoms with van der Waals surface area (Å²) in [5, 5.41) is 22.1. The van der Waals surface area contributed by atoms with Crippen LogP contribution in [0.3, 0.4) is 0 Å². The number of amides is 1. The highest BCUT2D eigenvalue weighted by Crippen LogP contribution is 2.38. The van der Waals surface area contributed by atoms with E-state index in [1.54, 1.807) is 31.2 Å². The summed E-state index contributed by atoms with van der Waals surface area (Å²) in [6.07, 6.45) is 1.37. The number of fused-ring (bicyclic) bond motifs is 3. The van der Waals surface area contributed by atoms with Crippen LogP contribution >= 0.6 is 7.82 Å². The number of aromatic nitrogens is 2. The molecule has 13 heteroatoms. The van der Waals surface area contributed by atoms with E-state index >= 15 is 0 Å². The number of hydrogen-bond acceptors (Lipinski definition) is 8. The van der Waals surface area contributed by atoms with Gasteiger partial charge in [-0.1, -0.05) is 18.2 Å². The highest BCUT2D eigenvalue weighted by atomic mass is 31.2. The van der Waals surface area contributed by atoms with Gasteiger partial charge in [-0.25, -0.2) is 9.36 Å². The molecule has 0 atom stereocenters. The second-order valence-corrected chi connectivity index (χ2v) is 9.39. The van der Waals surface area contributed by atoms with Crippen molar-refractivity contribution in [3.63, 3.8) is 0 Å². The topological polar surface area (TPSA) is 167 Å². The van der Waals surface area contributed by atoms with Crippen LogP contribution in [0.2, 0.25) is 0 Å². The Morgan fingerprint density at radius 2 is 1.84 bits per heavy atom. The lowest BCUT2D eigenvalue weighted by atomic mass is 10.1. The molecule has 2 aromatic carbocycles. The largest absolute Gasteiger partial charge is 0.518 e. The van der Waals surface area contributed by atoms with Crippen LogP contribution in [0.1, 0.15) is 16.8 Å². The summed E-state index contributed by atoms with van der Waals surface area (Å²) in [6.45, 7) is 1.14. The van der Waals surface area contributed by atoms with E-state index in [2.05, 4.69) is 25.1 Å². The van der Waals surface area contributed by atoms with Crippen LogP contribution in [0.25, 0.3) is 10.9 Å². The van der Waals surface area contributed by atoms with Crippen LogP contribution in [0.15, 0.2) is 71.0 Å². The van der Waals surface area contributed by atoms with Crippen molar-refractivity contribution in [2.24, 2.45) is 10.2 Å². The standard InChI is InChI=1S/C24H20N5O7P/c1-14-22(30)19(16(11-25-14)13-35-37(32,33)34)12-26-20-10-15-9-18(36-17-5-3-2-4-6-17)7-8-21(15)29-23(20)27-28-24(29)31/h2-11H,12-13H2,1H3,(H3-,26,28,30,31,32,33,34)/p+1. The first kappa shape index (κ1) is 24.5. The van der Waals surface area contributed by atoms with E-state index in [1.165, 1.54) is 10.8 Å². The van der Waals surface area contributed by atoms with Crippen LogP contribution in [0, 0.1) is 6.92 Å². The van der Waals surface area contributed by atoms with E-state index in [-0.39, 0.29) is 23.7 Å². The maximum absolute atomic E-state index is 12.5. The Bertz CT molecular complexity index is 1600. The van der Waals surface area contributed by atoms with Crippen LogP contribution in [-0.2, 0) is 22.2 Å². The van der Waals surface area contributed by atoms with E-state index in [1.807, 2.05) is 30.3 Å². The number of nitrogens with one attached hydrogen (secondary N) is 1. The molecule has 1 aliphatic heterocycles. The first-order valence-corrected chi connectivity index (χ1v) is 12.5. The number of para-hydroxylation sites is 1. The molecule has 5 rings (SSSR count). The predicted octanol–water partition coefficient (Wildman–Crippen LogP) is 4.62. The average Bonchev–Trinajstić information content (AvgIpc) is 3.26. The highest BCUT2D eigenvalue weighted by Gasteiger charge is 2.33. The molecule has 1 aliphatic rings. The van der Waals surface area contributed by atoms with Crippen LogP contribution in [0.5, 0.6) is 17.2 Å². The highest BCUT2D eigenvalue weighted by molar-refractivity contribution is 7.46. The molecule has 0 saturated carbocycles. The molecule has 4 N–H and O–H groups in total. The van der Waals surface area contributed by atoms with Gasteiger partial charge in [0, 0.05) is 29.3 Å². The molecule has 37 heavy (non-hydrogen) atoms. The summed E-state index contributed by atoms with van der Waals surface area (Å²) in [4.78, 5) is 34.7. The van der Waals surface area contributed by atoms with Crippen molar-refractivity contribution >= 4 is 36.3 Å². The third-order valence-electron chi connectivity index (χ3n) is 5.67. The lowest BCUT2D eigenvalue weighted by molar-refractivity contribution is -0.520. The van der Waals surface area contributed by atoms with Crippen molar-refractivity contribution in [2.75, 3.05) is 5.32 Å². The molecule has 12 nitrogen and oxygen atoms in total. The molecule has 0 aliphatic carbocycles. The Kier molecular flexibility index (Phi) is 6.40. The Labute approximate surface area is 210 Å². The quantitative estimate of drug-likeness (QED) is 0.191. The summed E-state index contributed by atoms with van der Waals surface area (Å²) in [6, 6.07) is 15.7. The van der Waals surface area contributed by atoms with Gasteiger partial charge >= 0.3 is 19.7 Å². The van der Waals surface area contributed by atoms with Gasteiger partial charge in [0.2, 0.25) is 0 Å². The van der Waals surface area contributed by atoms with Crippen molar-refractivity contribution in [1.29, 1.82) is 0 Å². The number of pyridine rings is 2. The second-order valence-electron chi connectivity index (χ2n) is 8.15. The number of hydrogen-bond donors (Lipinski definition) is 4. The minimum Gasteiger partial charge on any atom is -0.506 e. The van der Waals surface area contributed by atoms with Gasteiger partial charge in [0.25, 0.3) is 0 Å². The number of benzene rings is 2. The number of phosphoric ester groups is 1. The molecule has 0 unspecified atom stereocenters. The third kappa shape index (κ3) is 5.18. The molecule has 0 radical (unpaired) electrons. The first-order valence-electron chi connectivity index (χ1n) is 11.0. The van der Waals surface area contributed by atoms with E-state index in [0.29, 0.717) is 39.3 Å². The fraction of sp³-hybridized carbons (Fsp3) is 0.125. The minimum atomic E-state index is -4.74. The summed E-state index contributed by atoms with van der Waals surface area (Å²) in [5.74, 6) is 1.33. The van der Waals surface area contributed by atoms with Gasteiger partial charge < -0.3 is 24.9 Å². The zero-order valence-corrected chi connectivity index (χ0v) is 20.3. The van der Waals surface area contributed by atoms with Crippen molar-refractivity contribution < 1.29 is 38.1 Å². The number of aryl methyl sites for hydroxylation is 1. The molecule has 0 fully saturated rings. The molecule has 2 aromatic heterocycles. The summed E-state index contributed by atoms with van der Waals surface area (Å²) >= 11 is 0. The fourth-order valence-electron chi connectivity index (χ4n) is 3.89. The van der Waals surface area contributed by atoms with Crippen molar-refractivity contribution in [2.45, 2.75) is 20.1 Å². The van der Waals surface area contributed by atoms with E-state index < -0.39 is 20.5 Å². The molecule has 3 heterocycles. The molecule has 0 bridgehead atoms. The predicted molar refractivity (Wildman–Crippen MR) is 131 cm³/mol. The van der Waals surface area contributed by atoms with Crippen molar-refractivity contribution in [1.82, 2.24) is 4.98 Å². The van der Waals surface area contributed by atoms with Gasteiger partial charge in [0.1, 0.15) is 33.6 Å². The molecule has 188 valence electrons. The number of anilines is 1. The molecule has 0 spiro atoms. The number of carbonyl (C=O) groups is 1. The second kappa shape index (κ2) is 9.68. The molecular weight excluding hydrogens is 501 g/mol. The Hall–Kier alpha value is -4.22.